The van der Waals surface area contributed by atoms with Crippen LogP contribution in [-0.2, 0) is 73.4 Å². The van der Waals surface area contributed by atoms with Crippen molar-refractivity contribution in [2.24, 2.45) is 0 Å². The molecule has 0 bridgehead atoms. The third kappa shape index (κ3) is 11.8. The normalized spacial score (nSPS) is 25.6. The molecule has 0 unspecified atom stereocenters. The van der Waals surface area contributed by atoms with Crippen molar-refractivity contribution in [3.05, 3.63) is 35.9 Å². The van der Waals surface area contributed by atoms with E-state index in [0.717, 1.165) is 13.8 Å². The number of amides is 12. The van der Waals surface area contributed by atoms with E-state index in [1.807, 2.05) is 0 Å². The minimum atomic E-state index is -1.80. The molecule has 27 heteroatoms. The molecule has 4 aliphatic heterocycles. The molecule has 4 N–H and O–H groups in total. The summed E-state index contributed by atoms with van der Waals surface area (Å²) < 4.78 is 31.0. The van der Waals surface area contributed by atoms with Crippen molar-refractivity contribution in [3.8, 4) is 0 Å². The first-order chi connectivity index (χ1) is 33.1. The number of carbonyl (C=O) groups excluding carboxylic acids is 13. The first-order valence-electron chi connectivity index (χ1n) is 22.3. The van der Waals surface area contributed by atoms with Crippen LogP contribution >= 0.6 is 0 Å². The minimum Gasteiger partial charge on any atom is -0.459 e. The van der Waals surface area contributed by atoms with Crippen LogP contribution in [-0.4, -0.2) is 176 Å². The first kappa shape index (κ1) is 54.1. The van der Waals surface area contributed by atoms with E-state index in [1.165, 1.54) is 41.5 Å². The quantitative estimate of drug-likeness (QED) is 0.142. The fourth-order valence-electron chi connectivity index (χ4n) is 7.89. The highest BCUT2D eigenvalue weighted by Gasteiger charge is 2.55. The summed E-state index contributed by atoms with van der Waals surface area (Å²) in [5, 5.41) is 9.16. The molecule has 4 fully saturated rings. The summed E-state index contributed by atoms with van der Waals surface area (Å²) in [6, 6.07) is -4.55. The number of rotatable bonds is 14. The second kappa shape index (κ2) is 21.4. The summed E-state index contributed by atoms with van der Waals surface area (Å²) in [6.07, 6.45) is -11.2. The lowest BCUT2D eigenvalue weighted by Gasteiger charge is -2.29. The lowest BCUT2D eigenvalue weighted by Crippen LogP contribution is -2.61. The molecule has 4 aliphatic rings. The predicted molar refractivity (Wildman–Crippen MR) is 234 cm³/mol. The van der Waals surface area contributed by atoms with Crippen molar-refractivity contribution in [3.63, 3.8) is 0 Å². The van der Waals surface area contributed by atoms with Crippen molar-refractivity contribution in [1.82, 2.24) is 40.9 Å². The van der Waals surface area contributed by atoms with Gasteiger partial charge in [0.25, 0.3) is 23.6 Å². The van der Waals surface area contributed by atoms with E-state index in [0.29, 0.717) is 25.2 Å². The van der Waals surface area contributed by atoms with Gasteiger partial charge in [-0.1, -0.05) is 30.3 Å². The van der Waals surface area contributed by atoms with Gasteiger partial charge in [-0.2, -0.15) is 0 Å². The minimum absolute atomic E-state index is 0.186. The number of esters is 1. The largest absolute Gasteiger partial charge is 0.459 e. The monoisotopic (exact) mass is 1000 g/mol. The van der Waals surface area contributed by atoms with Gasteiger partial charge in [0.05, 0.1) is 0 Å². The van der Waals surface area contributed by atoms with Gasteiger partial charge in [-0.25, -0.2) is 48.4 Å². The SMILES string of the molecule is C[C@H](NC(=O)OC(C)(C)C)C(=O)N1C(=O)O[C@H](C)[C@H]1C(=O)N[C@@H](C)C(=O)N1C(=O)O[C@H](C)[C@H]1C(=O)N[C@@H](C)C(=O)N1C(=O)O[C@H](C)[C@H]1C(=O)N[C@@H](C)C(=O)N1C(=O)O[C@H](C)[C@H]1C(=O)OCc1ccccc1. The number of benzene rings is 1. The second-order valence-corrected chi connectivity index (χ2v) is 18.1. The summed E-state index contributed by atoms with van der Waals surface area (Å²) in [5.74, 6) is -8.99. The van der Waals surface area contributed by atoms with Gasteiger partial charge >= 0.3 is 36.4 Å². The van der Waals surface area contributed by atoms with Crippen LogP contribution in [0.15, 0.2) is 30.3 Å². The van der Waals surface area contributed by atoms with Crippen LogP contribution in [0, 0.1) is 0 Å². The van der Waals surface area contributed by atoms with Gasteiger partial charge in [-0.15, -0.1) is 0 Å². The summed E-state index contributed by atoms with van der Waals surface area (Å²) in [5.41, 5.74) is -0.314. The van der Waals surface area contributed by atoms with E-state index in [9.17, 15) is 62.3 Å². The molecule has 0 aromatic heterocycles. The van der Waals surface area contributed by atoms with E-state index in [2.05, 4.69) is 21.3 Å². The lowest BCUT2D eigenvalue weighted by atomic mass is 10.1. The smallest absolute Gasteiger partial charge is 0.417 e. The highest BCUT2D eigenvalue weighted by Crippen LogP contribution is 2.27. The average Bonchev–Trinajstić information content (AvgIpc) is 3.96. The van der Waals surface area contributed by atoms with Gasteiger partial charge < -0.3 is 49.7 Å². The predicted octanol–water partition coefficient (Wildman–Crippen LogP) is 0.101. The van der Waals surface area contributed by atoms with E-state index >= 15 is 0 Å². The molecule has 27 nitrogen and oxygen atoms in total. The molecule has 0 radical (unpaired) electrons. The number of imide groups is 4. The van der Waals surface area contributed by atoms with Crippen LogP contribution in [0.4, 0.5) is 24.0 Å². The number of ether oxygens (including phenoxy) is 6. The molecule has 0 saturated carbocycles. The Bertz CT molecular complexity index is 2380. The van der Waals surface area contributed by atoms with E-state index in [-0.39, 0.29) is 6.61 Å². The van der Waals surface area contributed by atoms with Crippen LogP contribution in [0.2, 0.25) is 0 Å². The van der Waals surface area contributed by atoms with Crippen LogP contribution in [0.1, 0.15) is 81.7 Å². The number of hydrogen-bond donors (Lipinski definition) is 4. The topological polar surface area (TPSA) is 338 Å². The molecule has 4 saturated heterocycles. The van der Waals surface area contributed by atoms with Crippen LogP contribution in [0.25, 0.3) is 0 Å². The Balaban J connectivity index is 1.22. The zero-order valence-corrected chi connectivity index (χ0v) is 40.6. The molecular formula is C44H56N8O19. The fourth-order valence-corrected chi connectivity index (χ4v) is 7.89. The number of carbonyl (C=O) groups is 13. The van der Waals surface area contributed by atoms with Crippen molar-refractivity contribution >= 4 is 77.8 Å². The van der Waals surface area contributed by atoms with Crippen LogP contribution in [0.3, 0.4) is 0 Å². The Morgan fingerprint density at radius 3 is 1.13 bits per heavy atom. The van der Waals surface area contributed by atoms with Gasteiger partial charge in [0.2, 0.25) is 17.7 Å². The van der Waals surface area contributed by atoms with Crippen LogP contribution < -0.4 is 21.3 Å². The standard InChI is InChI=1S/C44H56N8O19/c1-18(34(56)50-28(23(6)68-41(50)63)32(54)47-20(3)36(58)52-30(25(8)70-43(52)65)38(60)66-17-26-15-13-12-14-16-26)45-31(53)27-22(5)67-40(62)49(27)35(57)19(2)46-33(55)29-24(7)69-42(64)51(29)37(59)21(4)48-39(61)71-44(9,10)11/h12-16,18-25,27-30H,17H2,1-11H3,(H,45,53)(H,46,55)(H,47,54)(H,48,61)/t18-,19-,20-,21-,22+,23+,24+,25+,27-,28-,29-,30-/m0/s1. The molecule has 12 amide bonds. The molecule has 0 aliphatic carbocycles. The molecule has 12 atom stereocenters. The average molecular weight is 1000 g/mol. The third-order valence-corrected chi connectivity index (χ3v) is 11.3. The molecule has 0 spiro atoms. The summed E-state index contributed by atoms with van der Waals surface area (Å²) in [4.78, 5) is 175. The van der Waals surface area contributed by atoms with E-state index in [1.54, 1.807) is 51.1 Å². The Morgan fingerprint density at radius 1 is 0.507 bits per heavy atom. The third-order valence-electron chi connectivity index (χ3n) is 11.3. The maximum Gasteiger partial charge on any atom is 0.417 e. The zero-order chi connectivity index (χ0) is 53.1. The molecule has 4 heterocycles. The van der Waals surface area contributed by atoms with Gasteiger partial charge in [-0.3, -0.25) is 33.6 Å². The van der Waals surface area contributed by atoms with Crippen molar-refractivity contribution in [2.45, 2.75) is 161 Å². The Morgan fingerprint density at radius 2 is 0.803 bits per heavy atom. The van der Waals surface area contributed by atoms with Gasteiger partial charge in [0.15, 0.2) is 24.2 Å². The van der Waals surface area contributed by atoms with E-state index < -0.39 is 156 Å². The van der Waals surface area contributed by atoms with Gasteiger partial charge in [0.1, 0.15) is 60.8 Å². The lowest BCUT2D eigenvalue weighted by molar-refractivity contribution is -0.154. The molecule has 5 rings (SSSR count). The number of cyclic esters (lactones) is 4. The van der Waals surface area contributed by atoms with Crippen molar-refractivity contribution in [1.29, 1.82) is 0 Å². The number of nitrogens with one attached hydrogen (secondary N) is 4. The number of nitrogens with zero attached hydrogens (tertiary/aromatic N) is 4. The number of hydrogen-bond acceptors (Lipinski definition) is 19. The Labute approximate surface area is 405 Å². The first-order valence-corrected chi connectivity index (χ1v) is 22.3. The maximum absolute atomic E-state index is 13.9. The zero-order valence-electron chi connectivity index (χ0n) is 40.6. The van der Waals surface area contributed by atoms with Crippen molar-refractivity contribution < 1.29 is 90.8 Å². The molecule has 386 valence electrons. The summed E-state index contributed by atoms with van der Waals surface area (Å²) in [7, 11) is 0. The van der Waals surface area contributed by atoms with E-state index in [4.69, 9.17) is 28.4 Å². The molecule has 1 aromatic carbocycles. The van der Waals surface area contributed by atoms with Crippen LogP contribution in [0.5, 0.6) is 0 Å². The van der Waals surface area contributed by atoms with Gasteiger partial charge in [0, 0.05) is 0 Å². The number of alkyl carbamates (subject to hydrolysis) is 1. The van der Waals surface area contributed by atoms with Crippen molar-refractivity contribution in [2.75, 3.05) is 0 Å². The Hall–Kier alpha value is -7.87. The molecular weight excluding hydrogens is 945 g/mol. The fraction of sp³-hybridized carbons (Fsp3) is 0.568. The second-order valence-electron chi connectivity index (χ2n) is 18.1. The van der Waals surface area contributed by atoms with Gasteiger partial charge in [-0.05, 0) is 81.7 Å². The molecule has 71 heavy (non-hydrogen) atoms. The highest BCUT2D eigenvalue weighted by atomic mass is 16.6. The highest BCUT2D eigenvalue weighted by molar-refractivity contribution is 6.08. The summed E-state index contributed by atoms with van der Waals surface area (Å²) in [6.45, 7) is 14.3. The summed E-state index contributed by atoms with van der Waals surface area (Å²) >= 11 is 0. The maximum atomic E-state index is 13.9. The molecule has 1 aromatic rings. The Kier molecular flexibility index (Phi) is 16.3.